The number of carbonyl (C=O) groups excluding carboxylic acids is 3. The van der Waals surface area contributed by atoms with Crippen LogP contribution in [0.4, 0.5) is 0 Å². The maximum absolute atomic E-state index is 12.7. The summed E-state index contributed by atoms with van der Waals surface area (Å²) in [6.07, 6.45) is 60.7. The number of esters is 3. The van der Waals surface area contributed by atoms with E-state index in [0.29, 0.717) is 19.3 Å². The van der Waals surface area contributed by atoms with Crippen molar-refractivity contribution in [3.05, 3.63) is 60.8 Å². The van der Waals surface area contributed by atoms with Crippen LogP contribution in [0.15, 0.2) is 60.8 Å². The average Bonchev–Trinajstić information content (AvgIpc) is 3.26. The highest BCUT2D eigenvalue weighted by Crippen LogP contribution is 2.13. The third kappa shape index (κ3) is 48.0. The van der Waals surface area contributed by atoms with Gasteiger partial charge in [-0.1, -0.05) is 197 Å². The SMILES string of the molecule is CCCC/C=C\CCCCCCCC(=O)O[C@H](COC(=O)CCC/C=C\C/C=C\C/C=C\CCCCCCCC)COC(=O)CCCCCCC/C=C\CCCCCCCC. The summed E-state index contributed by atoms with van der Waals surface area (Å²) in [7, 11) is 0. The molecule has 6 heteroatoms. The average molecular weight is 853 g/mol. The summed E-state index contributed by atoms with van der Waals surface area (Å²) in [6, 6.07) is 0. The quantitative estimate of drug-likeness (QED) is 0.0263. The number of unbranched alkanes of at least 4 members (excludes halogenated alkanes) is 25. The molecule has 0 aliphatic heterocycles. The topological polar surface area (TPSA) is 78.9 Å². The summed E-state index contributed by atoms with van der Waals surface area (Å²) >= 11 is 0. The van der Waals surface area contributed by atoms with Crippen LogP contribution in [0.1, 0.15) is 252 Å². The largest absolute Gasteiger partial charge is 0.462 e. The van der Waals surface area contributed by atoms with Crippen LogP contribution < -0.4 is 0 Å². The molecule has 0 N–H and O–H groups in total. The lowest BCUT2D eigenvalue weighted by Crippen LogP contribution is -2.30. The van der Waals surface area contributed by atoms with E-state index in [2.05, 4.69) is 81.5 Å². The summed E-state index contributed by atoms with van der Waals surface area (Å²) in [5.74, 6) is -0.967. The van der Waals surface area contributed by atoms with Crippen molar-refractivity contribution in [2.24, 2.45) is 0 Å². The Morgan fingerprint density at radius 2 is 0.623 bits per heavy atom. The van der Waals surface area contributed by atoms with Crippen LogP contribution in [-0.2, 0) is 28.6 Å². The second-order valence-corrected chi connectivity index (χ2v) is 17.1. The van der Waals surface area contributed by atoms with Crippen molar-refractivity contribution in [3.63, 3.8) is 0 Å². The molecule has 0 rings (SSSR count). The number of ether oxygens (including phenoxy) is 3. The van der Waals surface area contributed by atoms with Gasteiger partial charge in [0, 0.05) is 19.3 Å². The summed E-state index contributed by atoms with van der Waals surface area (Å²) in [6.45, 7) is 6.53. The van der Waals surface area contributed by atoms with Crippen molar-refractivity contribution < 1.29 is 28.6 Å². The Labute approximate surface area is 377 Å². The molecule has 0 aromatic rings. The molecule has 352 valence electrons. The summed E-state index contributed by atoms with van der Waals surface area (Å²) in [5, 5.41) is 0. The molecule has 0 saturated heterocycles. The first kappa shape index (κ1) is 58.1. The number of hydrogen-bond acceptors (Lipinski definition) is 6. The highest BCUT2D eigenvalue weighted by Gasteiger charge is 2.19. The van der Waals surface area contributed by atoms with Gasteiger partial charge in [0.1, 0.15) is 13.2 Å². The molecule has 0 aliphatic rings. The Balaban J connectivity index is 4.44. The zero-order valence-electron chi connectivity index (χ0n) is 40.2. The summed E-state index contributed by atoms with van der Waals surface area (Å²) < 4.78 is 16.7. The minimum absolute atomic E-state index is 0.0973. The molecule has 0 unspecified atom stereocenters. The molecule has 0 aliphatic carbocycles. The van der Waals surface area contributed by atoms with Crippen molar-refractivity contribution in [2.45, 2.75) is 258 Å². The van der Waals surface area contributed by atoms with Crippen molar-refractivity contribution >= 4 is 17.9 Å². The Bertz CT molecular complexity index is 1120. The minimum atomic E-state index is -0.800. The molecule has 0 aromatic heterocycles. The van der Waals surface area contributed by atoms with Gasteiger partial charge in [-0.3, -0.25) is 14.4 Å². The zero-order chi connectivity index (χ0) is 44.4. The molecular formula is C55H96O6. The van der Waals surface area contributed by atoms with Gasteiger partial charge >= 0.3 is 17.9 Å². The first-order valence-corrected chi connectivity index (χ1v) is 25.8. The van der Waals surface area contributed by atoms with E-state index in [-0.39, 0.29) is 37.5 Å². The molecule has 0 radical (unpaired) electrons. The predicted molar refractivity (Wildman–Crippen MR) is 261 cm³/mol. The van der Waals surface area contributed by atoms with Crippen LogP contribution in [0.5, 0.6) is 0 Å². The maximum atomic E-state index is 12.7. The fourth-order valence-corrected chi connectivity index (χ4v) is 7.02. The lowest BCUT2D eigenvalue weighted by atomic mass is 10.1. The lowest BCUT2D eigenvalue weighted by molar-refractivity contribution is -0.167. The van der Waals surface area contributed by atoms with Crippen LogP contribution in [0.3, 0.4) is 0 Å². The van der Waals surface area contributed by atoms with Crippen molar-refractivity contribution in [1.29, 1.82) is 0 Å². The Hall–Kier alpha value is -2.89. The summed E-state index contributed by atoms with van der Waals surface area (Å²) in [5.41, 5.74) is 0. The molecule has 1 atom stereocenters. The van der Waals surface area contributed by atoms with Crippen LogP contribution in [0.2, 0.25) is 0 Å². The van der Waals surface area contributed by atoms with Gasteiger partial charge in [-0.05, 0) is 96.3 Å². The van der Waals surface area contributed by atoms with Crippen LogP contribution in [-0.4, -0.2) is 37.2 Å². The first-order chi connectivity index (χ1) is 30.0. The van der Waals surface area contributed by atoms with E-state index < -0.39 is 6.10 Å². The van der Waals surface area contributed by atoms with E-state index in [1.807, 2.05) is 0 Å². The number of rotatable bonds is 46. The predicted octanol–water partition coefficient (Wildman–Crippen LogP) is 16.9. The molecular weight excluding hydrogens is 757 g/mol. The fraction of sp³-hybridized carbons (Fsp3) is 0.764. The van der Waals surface area contributed by atoms with E-state index in [9.17, 15) is 14.4 Å². The van der Waals surface area contributed by atoms with Gasteiger partial charge in [-0.25, -0.2) is 0 Å². The minimum Gasteiger partial charge on any atom is -0.462 e. The van der Waals surface area contributed by atoms with Crippen molar-refractivity contribution in [1.82, 2.24) is 0 Å². The molecule has 0 fully saturated rings. The van der Waals surface area contributed by atoms with Gasteiger partial charge in [-0.2, -0.15) is 0 Å². The maximum Gasteiger partial charge on any atom is 0.306 e. The van der Waals surface area contributed by atoms with Crippen LogP contribution in [0.25, 0.3) is 0 Å². The number of hydrogen-bond donors (Lipinski definition) is 0. The summed E-state index contributed by atoms with van der Waals surface area (Å²) in [4.78, 5) is 37.9. The van der Waals surface area contributed by atoms with Crippen molar-refractivity contribution in [2.75, 3.05) is 13.2 Å². The van der Waals surface area contributed by atoms with E-state index in [4.69, 9.17) is 14.2 Å². The molecule has 0 spiro atoms. The lowest BCUT2D eigenvalue weighted by Gasteiger charge is -2.18. The van der Waals surface area contributed by atoms with E-state index in [0.717, 1.165) is 77.0 Å². The molecule has 6 nitrogen and oxygen atoms in total. The van der Waals surface area contributed by atoms with Gasteiger partial charge in [0.25, 0.3) is 0 Å². The van der Waals surface area contributed by atoms with E-state index in [1.165, 1.54) is 128 Å². The highest BCUT2D eigenvalue weighted by atomic mass is 16.6. The molecule has 0 saturated carbocycles. The van der Waals surface area contributed by atoms with E-state index in [1.54, 1.807) is 0 Å². The normalized spacial score (nSPS) is 12.5. The number of carbonyl (C=O) groups is 3. The standard InChI is InChI=1S/C55H96O6/c1-4-7-10-13-16-19-22-24-26-27-29-31-34-36-39-42-45-48-54(57)60-51-52(61-55(58)49-46-43-40-37-32-21-18-15-12-9-6-3)50-59-53(56)47-44-41-38-35-33-30-28-25-23-20-17-14-11-8-5-2/h15,18,24-26,28-29,31,36,39,52H,4-14,16-17,19-23,27,30,32-35,37-38,40-51H2,1-3H3/b18-15-,26-24-,28-25-,31-29-,39-36-/t52-/m0/s1. The van der Waals surface area contributed by atoms with Gasteiger partial charge in [0.05, 0.1) is 0 Å². The van der Waals surface area contributed by atoms with Crippen LogP contribution in [0, 0.1) is 0 Å². The third-order valence-electron chi connectivity index (χ3n) is 11.0. The second-order valence-electron chi connectivity index (χ2n) is 17.1. The first-order valence-electron chi connectivity index (χ1n) is 25.8. The third-order valence-corrected chi connectivity index (χ3v) is 11.0. The Kier molecular flexibility index (Phi) is 47.4. The second kappa shape index (κ2) is 49.8. The van der Waals surface area contributed by atoms with Crippen LogP contribution >= 0.6 is 0 Å². The molecule has 61 heavy (non-hydrogen) atoms. The van der Waals surface area contributed by atoms with Crippen molar-refractivity contribution in [3.8, 4) is 0 Å². The Morgan fingerprint density at radius 1 is 0.328 bits per heavy atom. The van der Waals surface area contributed by atoms with E-state index >= 15 is 0 Å². The van der Waals surface area contributed by atoms with Gasteiger partial charge in [-0.15, -0.1) is 0 Å². The smallest absolute Gasteiger partial charge is 0.306 e. The zero-order valence-corrected chi connectivity index (χ0v) is 40.2. The van der Waals surface area contributed by atoms with Gasteiger partial charge in [0.15, 0.2) is 6.10 Å². The fourth-order valence-electron chi connectivity index (χ4n) is 7.02. The Morgan fingerprint density at radius 3 is 1.05 bits per heavy atom. The van der Waals surface area contributed by atoms with Gasteiger partial charge in [0.2, 0.25) is 0 Å². The molecule has 0 amide bonds. The molecule has 0 bridgehead atoms. The monoisotopic (exact) mass is 853 g/mol. The molecule has 0 aromatic carbocycles. The van der Waals surface area contributed by atoms with Gasteiger partial charge < -0.3 is 14.2 Å². The highest BCUT2D eigenvalue weighted by molar-refractivity contribution is 5.71. The number of allylic oxidation sites excluding steroid dienone is 10. The molecule has 0 heterocycles.